The molecule has 2 saturated carbocycles. The van der Waals surface area contributed by atoms with Crippen molar-refractivity contribution in [1.29, 1.82) is 0 Å². The molecule has 2 aliphatic carbocycles. The molecule has 0 bridgehead atoms. The lowest BCUT2D eigenvalue weighted by molar-refractivity contribution is 0.419. The number of anilines is 3. The molecule has 0 unspecified atom stereocenters. The van der Waals surface area contributed by atoms with Crippen LogP contribution < -0.4 is 15.5 Å². The summed E-state index contributed by atoms with van der Waals surface area (Å²) < 4.78 is 0. The molecule has 2 N–H and O–H groups in total. The van der Waals surface area contributed by atoms with Crippen molar-refractivity contribution in [2.75, 3.05) is 29.6 Å². The number of rotatable bonds is 4. The maximum atomic E-state index is 5.98. The topological polar surface area (TPSA) is 71.2 Å². The molecular weight excluding hydrogens is 288 g/mol. The predicted octanol–water partition coefficient (Wildman–Crippen LogP) is 2.99. The highest BCUT2D eigenvalue weighted by molar-refractivity contribution is 5.44. The highest BCUT2D eigenvalue weighted by Crippen LogP contribution is 2.27. The summed E-state index contributed by atoms with van der Waals surface area (Å²) in [6, 6.07) is 1.05. The van der Waals surface area contributed by atoms with Gasteiger partial charge in [0.05, 0.1) is 0 Å². The zero-order valence-electron chi connectivity index (χ0n) is 14.5. The number of hydrogen-bond donors (Lipinski definition) is 1. The molecule has 6 heteroatoms. The van der Waals surface area contributed by atoms with Crippen LogP contribution in [0.25, 0.3) is 0 Å². The fourth-order valence-electron chi connectivity index (χ4n) is 3.95. The van der Waals surface area contributed by atoms with E-state index in [1.54, 1.807) is 0 Å². The molecule has 1 heterocycles. The standard InChI is InChI=1S/C17H30N6/c1-22(13-9-5-3-6-10-13)16-19-15(18)20-17(21-16)23(2)14-11-7-4-8-12-14/h13-14H,3-12H2,1-2H3,(H2,18,19,20,21). The van der Waals surface area contributed by atoms with Gasteiger partial charge in [-0.1, -0.05) is 38.5 Å². The van der Waals surface area contributed by atoms with E-state index in [2.05, 4.69) is 33.9 Å². The number of nitrogen functional groups attached to an aromatic ring is 1. The largest absolute Gasteiger partial charge is 0.368 e. The van der Waals surface area contributed by atoms with Gasteiger partial charge in [-0.2, -0.15) is 15.0 Å². The van der Waals surface area contributed by atoms with Gasteiger partial charge in [-0.05, 0) is 25.7 Å². The van der Waals surface area contributed by atoms with Crippen molar-refractivity contribution in [2.24, 2.45) is 0 Å². The Balaban J connectivity index is 1.77. The number of aromatic nitrogens is 3. The maximum Gasteiger partial charge on any atom is 0.231 e. The normalized spacial score (nSPS) is 20.4. The molecule has 0 atom stereocenters. The third-order valence-electron chi connectivity index (χ3n) is 5.50. The molecule has 0 saturated heterocycles. The van der Waals surface area contributed by atoms with E-state index in [9.17, 15) is 0 Å². The SMILES string of the molecule is CN(c1nc(N)nc(N(C)C2CCCCC2)n1)C1CCCCC1. The second-order valence-electron chi connectivity index (χ2n) is 7.10. The summed E-state index contributed by atoms with van der Waals surface area (Å²) in [5.41, 5.74) is 5.98. The van der Waals surface area contributed by atoms with Gasteiger partial charge >= 0.3 is 0 Å². The van der Waals surface area contributed by atoms with Crippen LogP contribution in [-0.4, -0.2) is 41.1 Å². The van der Waals surface area contributed by atoms with Gasteiger partial charge in [0.25, 0.3) is 0 Å². The molecule has 128 valence electrons. The molecule has 23 heavy (non-hydrogen) atoms. The number of nitrogens with two attached hydrogens (primary N) is 1. The van der Waals surface area contributed by atoms with E-state index >= 15 is 0 Å². The second kappa shape index (κ2) is 7.32. The van der Waals surface area contributed by atoms with Gasteiger partial charge < -0.3 is 15.5 Å². The van der Waals surface area contributed by atoms with Crippen molar-refractivity contribution in [3.05, 3.63) is 0 Å². The Morgan fingerprint density at radius 1 is 0.696 bits per heavy atom. The first kappa shape index (κ1) is 16.3. The van der Waals surface area contributed by atoms with E-state index in [0.717, 1.165) is 11.9 Å². The van der Waals surface area contributed by atoms with Gasteiger partial charge in [0.1, 0.15) is 0 Å². The lowest BCUT2D eigenvalue weighted by Crippen LogP contribution is -2.37. The summed E-state index contributed by atoms with van der Waals surface area (Å²) in [5, 5.41) is 0. The molecule has 0 aromatic carbocycles. The van der Waals surface area contributed by atoms with Crippen LogP contribution in [0.3, 0.4) is 0 Å². The van der Waals surface area contributed by atoms with Crippen molar-refractivity contribution in [3.8, 4) is 0 Å². The van der Waals surface area contributed by atoms with Crippen LogP contribution in [0.2, 0.25) is 0 Å². The van der Waals surface area contributed by atoms with Gasteiger partial charge in [-0.15, -0.1) is 0 Å². The Hall–Kier alpha value is -1.59. The molecule has 0 spiro atoms. The van der Waals surface area contributed by atoms with Gasteiger partial charge in [0.15, 0.2) is 0 Å². The maximum absolute atomic E-state index is 5.98. The van der Waals surface area contributed by atoms with Gasteiger partial charge in [-0.3, -0.25) is 0 Å². The van der Waals surface area contributed by atoms with Crippen molar-refractivity contribution in [1.82, 2.24) is 15.0 Å². The minimum absolute atomic E-state index is 0.329. The van der Waals surface area contributed by atoms with Crippen molar-refractivity contribution >= 4 is 17.8 Å². The van der Waals surface area contributed by atoms with E-state index in [1.165, 1.54) is 64.2 Å². The zero-order chi connectivity index (χ0) is 16.2. The highest BCUT2D eigenvalue weighted by atomic mass is 15.4. The van der Waals surface area contributed by atoms with Crippen LogP contribution in [-0.2, 0) is 0 Å². The highest BCUT2D eigenvalue weighted by Gasteiger charge is 2.24. The average molecular weight is 318 g/mol. The molecule has 2 fully saturated rings. The van der Waals surface area contributed by atoms with E-state index < -0.39 is 0 Å². The van der Waals surface area contributed by atoms with Gasteiger partial charge in [-0.25, -0.2) is 0 Å². The zero-order valence-corrected chi connectivity index (χ0v) is 14.5. The van der Waals surface area contributed by atoms with Crippen LogP contribution in [0.5, 0.6) is 0 Å². The summed E-state index contributed by atoms with van der Waals surface area (Å²) >= 11 is 0. The van der Waals surface area contributed by atoms with Gasteiger partial charge in [0.2, 0.25) is 17.8 Å². The molecule has 0 amide bonds. The minimum atomic E-state index is 0.329. The molecule has 1 aromatic rings. The summed E-state index contributed by atoms with van der Waals surface area (Å²) in [6.45, 7) is 0. The fraction of sp³-hybridized carbons (Fsp3) is 0.824. The Morgan fingerprint density at radius 2 is 1.09 bits per heavy atom. The molecule has 0 radical (unpaired) electrons. The van der Waals surface area contributed by atoms with Gasteiger partial charge in [0, 0.05) is 26.2 Å². The Morgan fingerprint density at radius 3 is 1.48 bits per heavy atom. The molecule has 2 aliphatic rings. The van der Waals surface area contributed by atoms with Crippen molar-refractivity contribution < 1.29 is 0 Å². The molecule has 3 rings (SSSR count). The minimum Gasteiger partial charge on any atom is -0.368 e. The lowest BCUT2D eigenvalue weighted by atomic mass is 9.94. The third-order valence-corrected chi connectivity index (χ3v) is 5.50. The molecule has 1 aromatic heterocycles. The predicted molar refractivity (Wildman–Crippen MR) is 94.8 cm³/mol. The monoisotopic (exact) mass is 318 g/mol. The Labute approximate surface area is 139 Å². The first-order valence-electron chi connectivity index (χ1n) is 9.12. The van der Waals surface area contributed by atoms with E-state index in [4.69, 9.17) is 10.7 Å². The number of nitrogens with zero attached hydrogens (tertiary/aromatic N) is 5. The Bertz CT molecular complexity index is 466. The lowest BCUT2D eigenvalue weighted by Gasteiger charge is -2.33. The van der Waals surface area contributed by atoms with Crippen LogP contribution in [0, 0.1) is 0 Å². The van der Waals surface area contributed by atoms with Crippen molar-refractivity contribution in [3.63, 3.8) is 0 Å². The summed E-state index contributed by atoms with van der Waals surface area (Å²) in [4.78, 5) is 17.9. The third kappa shape index (κ3) is 3.85. The summed E-state index contributed by atoms with van der Waals surface area (Å²) in [6.07, 6.45) is 12.7. The smallest absolute Gasteiger partial charge is 0.231 e. The molecule has 0 aliphatic heterocycles. The quantitative estimate of drug-likeness (QED) is 0.920. The fourth-order valence-corrected chi connectivity index (χ4v) is 3.95. The van der Waals surface area contributed by atoms with Crippen molar-refractivity contribution in [2.45, 2.75) is 76.3 Å². The molecule has 6 nitrogen and oxygen atoms in total. The summed E-state index contributed by atoms with van der Waals surface area (Å²) in [7, 11) is 4.18. The van der Waals surface area contributed by atoms with Crippen LogP contribution >= 0.6 is 0 Å². The second-order valence-corrected chi connectivity index (χ2v) is 7.10. The first-order valence-corrected chi connectivity index (χ1v) is 9.12. The average Bonchev–Trinajstić information content (AvgIpc) is 2.61. The van der Waals surface area contributed by atoms with Crippen LogP contribution in [0.4, 0.5) is 17.8 Å². The van der Waals surface area contributed by atoms with E-state index in [-0.39, 0.29) is 0 Å². The summed E-state index contributed by atoms with van der Waals surface area (Å²) in [5.74, 6) is 1.78. The van der Waals surface area contributed by atoms with E-state index in [0.29, 0.717) is 18.0 Å². The Kier molecular flexibility index (Phi) is 5.18. The van der Waals surface area contributed by atoms with Crippen LogP contribution in [0.15, 0.2) is 0 Å². The van der Waals surface area contributed by atoms with E-state index in [1.807, 2.05) is 0 Å². The number of hydrogen-bond acceptors (Lipinski definition) is 6. The first-order chi connectivity index (χ1) is 11.1. The molecular formula is C17H30N6. The van der Waals surface area contributed by atoms with Crippen LogP contribution in [0.1, 0.15) is 64.2 Å².